The van der Waals surface area contributed by atoms with Gasteiger partial charge in [0, 0.05) is 25.4 Å². The van der Waals surface area contributed by atoms with Gasteiger partial charge in [-0.05, 0) is 19.8 Å². The van der Waals surface area contributed by atoms with Gasteiger partial charge in [-0.2, -0.15) is 0 Å². The van der Waals surface area contributed by atoms with Crippen molar-refractivity contribution in [2.24, 2.45) is 0 Å². The molecule has 0 spiro atoms. The number of hydrogen-bond acceptors (Lipinski definition) is 4. The lowest BCUT2D eigenvalue weighted by atomic mass is 10.2. The molecule has 106 valence electrons. The average Bonchev–Trinajstić information content (AvgIpc) is 2.34. The zero-order chi connectivity index (χ0) is 13.8. The lowest BCUT2D eigenvalue weighted by Gasteiger charge is -2.21. The minimum absolute atomic E-state index is 0.00431. The molecule has 0 aliphatic carbocycles. The van der Waals surface area contributed by atoms with Gasteiger partial charge in [-0.15, -0.1) is 0 Å². The van der Waals surface area contributed by atoms with Crippen LogP contribution in [0.2, 0.25) is 0 Å². The number of amides is 1. The van der Waals surface area contributed by atoms with Gasteiger partial charge in [0.15, 0.2) is 0 Å². The van der Waals surface area contributed by atoms with E-state index in [1.807, 2.05) is 0 Å². The number of methoxy groups -OCH3 is 1. The maximum absolute atomic E-state index is 11.9. The normalized spacial score (nSPS) is 10.2. The van der Waals surface area contributed by atoms with Crippen molar-refractivity contribution in [2.45, 2.75) is 26.2 Å². The van der Waals surface area contributed by atoms with Crippen molar-refractivity contribution in [3.63, 3.8) is 0 Å². The molecule has 0 aromatic carbocycles. The van der Waals surface area contributed by atoms with E-state index in [1.165, 1.54) is 4.90 Å². The summed E-state index contributed by atoms with van der Waals surface area (Å²) in [5, 5.41) is 0.885. The van der Waals surface area contributed by atoms with Crippen LogP contribution in [-0.2, 0) is 19.1 Å². The second-order valence-electron chi connectivity index (χ2n) is 3.76. The van der Waals surface area contributed by atoms with E-state index < -0.39 is 0 Å². The van der Waals surface area contributed by atoms with Gasteiger partial charge in [0.05, 0.1) is 13.2 Å². The Labute approximate surface area is 117 Å². The number of halogens is 1. The van der Waals surface area contributed by atoms with Crippen LogP contribution in [0.25, 0.3) is 0 Å². The number of alkyl halides is 1. The molecule has 0 bridgehead atoms. The van der Waals surface area contributed by atoms with E-state index in [4.69, 9.17) is 9.47 Å². The molecular formula is C12H22BrNO4. The van der Waals surface area contributed by atoms with Crippen LogP contribution in [0.1, 0.15) is 26.2 Å². The minimum Gasteiger partial charge on any atom is -0.465 e. The minimum atomic E-state index is -0.373. The topological polar surface area (TPSA) is 55.8 Å². The van der Waals surface area contributed by atoms with E-state index >= 15 is 0 Å². The molecule has 0 N–H and O–H groups in total. The lowest BCUT2D eigenvalue weighted by Crippen LogP contribution is -2.38. The average molecular weight is 324 g/mol. The maximum atomic E-state index is 11.9. The van der Waals surface area contributed by atoms with Crippen LogP contribution in [0, 0.1) is 0 Å². The first kappa shape index (κ1) is 17.4. The first-order valence-electron chi connectivity index (χ1n) is 6.14. The van der Waals surface area contributed by atoms with Crippen LogP contribution in [0.5, 0.6) is 0 Å². The summed E-state index contributed by atoms with van der Waals surface area (Å²) >= 11 is 3.32. The molecule has 0 aliphatic heterocycles. The Kier molecular flexibility index (Phi) is 11.1. The van der Waals surface area contributed by atoms with Gasteiger partial charge >= 0.3 is 5.97 Å². The summed E-state index contributed by atoms with van der Waals surface area (Å²) in [6.07, 6.45) is 2.22. The number of carbonyl (C=O) groups excluding carboxylic acids is 2. The number of carbonyl (C=O) groups is 2. The number of esters is 1. The molecule has 0 saturated heterocycles. The molecule has 0 aromatic heterocycles. The standard InChI is InChI=1S/C12H22BrNO4/c1-3-18-12(16)10-14(8-9-17-2)11(15)6-4-5-7-13/h3-10H2,1-2H3. The molecule has 6 heteroatoms. The third-order valence-corrected chi connectivity index (χ3v) is 2.88. The maximum Gasteiger partial charge on any atom is 0.325 e. The molecule has 1 amide bonds. The number of nitrogens with zero attached hydrogens (tertiary/aromatic N) is 1. The molecule has 0 rings (SSSR count). The molecule has 0 atom stereocenters. The van der Waals surface area contributed by atoms with Crippen molar-refractivity contribution >= 4 is 27.8 Å². The second kappa shape index (κ2) is 11.5. The number of ether oxygens (including phenoxy) is 2. The summed E-state index contributed by atoms with van der Waals surface area (Å²) in [6.45, 7) is 2.92. The second-order valence-corrected chi connectivity index (χ2v) is 4.55. The van der Waals surface area contributed by atoms with Crippen LogP contribution in [0.4, 0.5) is 0 Å². The molecular weight excluding hydrogens is 302 g/mol. The summed E-state index contributed by atoms with van der Waals surface area (Å²) in [5.74, 6) is -0.400. The third kappa shape index (κ3) is 8.47. The van der Waals surface area contributed by atoms with Crippen LogP contribution in [-0.4, -0.2) is 55.5 Å². The summed E-state index contributed by atoms with van der Waals surface area (Å²) in [7, 11) is 1.57. The Morgan fingerprint density at radius 3 is 2.56 bits per heavy atom. The van der Waals surface area contributed by atoms with Crippen molar-refractivity contribution in [1.82, 2.24) is 4.90 Å². The highest BCUT2D eigenvalue weighted by Crippen LogP contribution is 2.03. The summed E-state index contributed by atoms with van der Waals surface area (Å²) in [6, 6.07) is 0. The first-order valence-corrected chi connectivity index (χ1v) is 7.26. The number of hydrogen-bond donors (Lipinski definition) is 0. The highest BCUT2D eigenvalue weighted by Gasteiger charge is 2.17. The van der Waals surface area contributed by atoms with Crippen LogP contribution in [0.15, 0.2) is 0 Å². The lowest BCUT2D eigenvalue weighted by molar-refractivity contribution is -0.149. The van der Waals surface area contributed by atoms with Crippen LogP contribution < -0.4 is 0 Å². The molecule has 0 aliphatic rings. The van der Waals surface area contributed by atoms with Crippen molar-refractivity contribution in [3.8, 4) is 0 Å². The quantitative estimate of drug-likeness (QED) is 0.348. The predicted octanol–water partition coefficient (Wildman–Crippen LogP) is 1.59. The van der Waals surface area contributed by atoms with Crippen LogP contribution >= 0.6 is 15.9 Å². The van der Waals surface area contributed by atoms with Gasteiger partial charge < -0.3 is 14.4 Å². The van der Waals surface area contributed by atoms with Gasteiger partial charge in [-0.25, -0.2) is 0 Å². The fraction of sp³-hybridized carbons (Fsp3) is 0.833. The highest BCUT2D eigenvalue weighted by atomic mass is 79.9. The van der Waals surface area contributed by atoms with E-state index in [1.54, 1.807) is 14.0 Å². The van der Waals surface area contributed by atoms with Gasteiger partial charge in [0.25, 0.3) is 0 Å². The largest absolute Gasteiger partial charge is 0.465 e. The summed E-state index contributed by atoms with van der Waals surface area (Å²) in [5.41, 5.74) is 0. The van der Waals surface area contributed by atoms with E-state index in [0.29, 0.717) is 26.2 Å². The van der Waals surface area contributed by atoms with Gasteiger partial charge in [-0.1, -0.05) is 15.9 Å². The van der Waals surface area contributed by atoms with Crippen LogP contribution in [0.3, 0.4) is 0 Å². The zero-order valence-corrected chi connectivity index (χ0v) is 12.7. The van der Waals surface area contributed by atoms with Gasteiger partial charge in [0.1, 0.15) is 6.54 Å². The Morgan fingerprint density at radius 1 is 1.28 bits per heavy atom. The summed E-state index contributed by atoms with van der Waals surface area (Å²) in [4.78, 5) is 24.8. The molecule has 5 nitrogen and oxygen atoms in total. The van der Waals surface area contributed by atoms with Crippen molar-refractivity contribution in [2.75, 3.05) is 38.7 Å². The molecule has 0 radical (unpaired) electrons. The molecule has 0 unspecified atom stereocenters. The Hall–Kier alpha value is -0.620. The molecule has 0 aromatic rings. The zero-order valence-electron chi connectivity index (χ0n) is 11.1. The van der Waals surface area contributed by atoms with Gasteiger partial charge in [0.2, 0.25) is 5.91 Å². The van der Waals surface area contributed by atoms with Crippen molar-refractivity contribution in [1.29, 1.82) is 0 Å². The Balaban J connectivity index is 4.18. The predicted molar refractivity (Wildman–Crippen MR) is 72.7 cm³/mol. The summed E-state index contributed by atoms with van der Waals surface area (Å²) < 4.78 is 9.78. The van der Waals surface area contributed by atoms with Crippen molar-refractivity contribution < 1.29 is 19.1 Å². The fourth-order valence-corrected chi connectivity index (χ4v) is 1.78. The smallest absolute Gasteiger partial charge is 0.325 e. The molecule has 0 heterocycles. The van der Waals surface area contributed by atoms with E-state index in [-0.39, 0.29) is 18.4 Å². The van der Waals surface area contributed by atoms with Gasteiger partial charge in [-0.3, -0.25) is 9.59 Å². The number of unbranched alkanes of at least 4 members (excludes halogenated alkanes) is 1. The molecule has 18 heavy (non-hydrogen) atoms. The van der Waals surface area contributed by atoms with E-state index in [9.17, 15) is 9.59 Å². The Morgan fingerprint density at radius 2 is 2.00 bits per heavy atom. The highest BCUT2D eigenvalue weighted by molar-refractivity contribution is 9.09. The van der Waals surface area contributed by atoms with Crippen molar-refractivity contribution in [3.05, 3.63) is 0 Å². The number of rotatable bonds is 10. The molecule has 0 saturated carbocycles. The first-order chi connectivity index (χ1) is 8.65. The monoisotopic (exact) mass is 323 g/mol. The van der Waals surface area contributed by atoms with E-state index in [2.05, 4.69) is 15.9 Å². The third-order valence-electron chi connectivity index (χ3n) is 2.32. The fourth-order valence-electron chi connectivity index (χ4n) is 1.38. The molecule has 0 fully saturated rings. The van der Waals surface area contributed by atoms with E-state index in [0.717, 1.165) is 18.2 Å². The Bertz CT molecular complexity index is 248. The SMILES string of the molecule is CCOC(=O)CN(CCOC)C(=O)CCCCBr.